The number of hydrogen-bond donors (Lipinski definition) is 2. The Kier molecular flexibility index (Phi) is 3.70. The van der Waals surface area contributed by atoms with Crippen molar-refractivity contribution >= 4 is 22.4 Å². The third-order valence-electron chi connectivity index (χ3n) is 1.28. The molecule has 0 spiro atoms. The van der Waals surface area contributed by atoms with Gasteiger partial charge in [0.25, 0.3) is 0 Å². The van der Waals surface area contributed by atoms with Crippen LogP contribution in [-0.2, 0) is 4.79 Å². The molecule has 2 N–H and O–H groups in total. The van der Waals surface area contributed by atoms with Gasteiger partial charge >= 0.3 is 0 Å². The number of carbonyl (C=O) groups excluding carboxylic acids is 1. The minimum absolute atomic E-state index is 0.00907. The zero-order valence-corrected chi connectivity index (χ0v) is 8.52. The van der Waals surface area contributed by atoms with Crippen LogP contribution < -0.4 is 10.6 Å². The first-order valence-electron chi connectivity index (χ1n) is 4.11. The summed E-state index contributed by atoms with van der Waals surface area (Å²) in [6.45, 7) is 4.15. The fraction of sp³-hybridized carbons (Fsp3) is 0.500. The SMILES string of the molecule is CC(C)NC(=O)CNc1nccs1. The van der Waals surface area contributed by atoms with Crippen LogP contribution in [0.5, 0.6) is 0 Å². The standard InChI is InChI=1S/C8H13N3OS/c1-6(2)11-7(12)5-10-8-9-3-4-13-8/h3-4,6H,5H2,1-2H3,(H,9,10)(H,11,12). The molecule has 1 heterocycles. The van der Waals surface area contributed by atoms with E-state index in [1.807, 2.05) is 19.2 Å². The monoisotopic (exact) mass is 199 g/mol. The summed E-state index contributed by atoms with van der Waals surface area (Å²) in [5.41, 5.74) is 0. The third-order valence-corrected chi connectivity index (χ3v) is 2.01. The van der Waals surface area contributed by atoms with Gasteiger partial charge in [-0.05, 0) is 13.8 Å². The second-order valence-electron chi connectivity index (χ2n) is 2.91. The van der Waals surface area contributed by atoms with E-state index in [0.29, 0.717) is 0 Å². The number of amides is 1. The van der Waals surface area contributed by atoms with Crippen molar-refractivity contribution in [1.82, 2.24) is 10.3 Å². The average molecular weight is 199 g/mol. The average Bonchev–Trinajstić information content (AvgIpc) is 2.51. The summed E-state index contributed by atoms with van der Waals surface area (Å²) in [7, 11) is 0. The summed E-state index contributed by atoms with van der Waals surface area (Å²) < 4.78 is 0. The summed E-state index contributed by atoms with van der Waals surface area (Å²) in [6, 6.07) is 0.186. The van der Waals surface area contributed by atoms with Gasteiger partial charge in [0.2, 0.25) is 5.91 Å². The Balaban J connectivity index is 2.23. The summed E-state index contributed by atoms with van der Waals surface area (Å²) in [5, 5.41) is 8.35. The van der Waals surface area contributed by atoms with Crippen molar-refractivity contribution in [3.05, 3.63) is 11.6 Å². The second kappa shape index (κ2) is 4.81. The van der Waals surface area contributed by atoms with E-state index in [4.69, 9.17) is 0 Å². The predicted octanol–water partition coefficient (Wildman–Crippen LogP) is 1.08. The van der Waals surface area contributed by atoms with Crippen molar-refractivity contribution in [2.45, 2.75) is 19.9 Å². The van der Waals surface area contributed by atoms with Gasteiger partial charge in [-0.3, -0.25) is 4.79 Å². The van der Waals surface area contributed by atoms with Gasteiger partial charge in [-0.15, -0.1) is 11.3 Å². The second-order valence-corrected chi connectivity index (χ2v) is 3.81. The lowest BCUT2D eigenvalue weighted by atomic mass is 10.4. The molecule has 5 heteroatoms. The highest BCUT2D eigenvalue weighted by atomic mass is 32.1. The van der Waals surface area contributed by atoms with E-state index in [1.165, 1.54) is 11.3 Å². The molecule has 1 amide bonds. The Morgan fingerprint density at radius 2 is 2.46 bits per heavy atom. The zero-order valence-electron chi connectivity index (χ0n) is 7.70. The quantitative estimate of drug-likeness (QED) is 0.763. The molecular formula is C8H13N3OS. The van der Waals surface area contributed by atoms with Crippen LogP contribution in [0.3, 0.4) is 0 Å². The molecule has 0 atom stereocenters. The van der Waals surface area contributed by atoms with Gasteiger partial charge in [0, 0.05) is 17.6 Å². The van der Waals surface area contributed by atoms with Crippen LogP contribution >= 0.6 is 11.3 Å². The normalized spacial score (nSPS) is 10.1. The number of thiazole rings is 1. The van der Waals surface area contributed by atoms with E-state index >= 15 is 0 Å². The van der Waals surface area contributed by atoms with Crippen LogP contribution in [0.25, 0.3) is 0 Å². The third kappa shape index (κ3) is 3.89. The molecule has 0 aliphatic rings. The van der Waals surface area contributed by atoms with Gasteiger partial charge in [0.15, 0.2) is 5.13 Å². The van der Waals surface area contributed by atoms with Gasteiger partial charge in [0.05, 0.1) is 6.54 Å². The van der Waals surface area contributed by atoms with E-state index in [0.717, 1.165) is 5.13 Å². The molecule has 0 aliphatic heterocycles. The first kappa shape index (κ1) is 9.98. The Bertz CT molecular complexity index is 258. The Morgan fingerprint density at radius 3 is 3.00 bits per heavy atom. The van der Waals surface area contributed by atoms with Crippen LogP contribution in [0.2, 0.25) is 0 Å². The summed E-state index contributed by atoms with van der Waals surface area (Å²) in [6.07, 6.45) is 1.70. The van der Waals surface area contributed by atoms with E-state index in [-0.39, 0.29) is 18.5 Å². The van der Waals surface area contributed by atoms with Gasteiger partial charge in [0.1, 0.15) is 0 Å². The van der Waals surface area contributed by atoms with Gasteiger partial charge < -0.3 is 10.6 Å². The fourth-order valence-corrected chi connectivity index (χ4v) is 1.37. The highest BCUT2D eigenvalue weighted by molar-refractivity contribution is 7.13. The topological polar surface area (TPSA) is 54.0 Å². The molecule has 72 valence electrons. The van der Waals surface area contributed by atoms with Gasteiger partial charge in [-0.25, -0.2) is 4.98 Å². The van der Waals surface area contributed by atoms with Crippen LogP contribution in [0.15, 0.2) is 11.6 Å². The van der Waals surface area contributed by atoms with E-state index in [1.54, 1.807) is 6.20 Å². The summed E-state index contributed by atoms with van der Waals surface area (Å²) in [5.74, 6) is -0.00907. The lowest BCUT2D eigenvalue weighted by Crippen LogP contribution is -2.34. The molecule has 4 nitrogen and oxygen atoms in total. The molecule has 0 bridgehead atoms. The van der Waals surface area contributed by atoms with Crippen molar-refractivity contribution in [1.29, 1.82) is 0 Å². The molecule has 0 radical (unpaired) electrons. The highest BCUT2D eigenvalue weighted by Gasteiger charge is 2.02. The number of nitrogens with one attached hydrogen (secondary N) is 2. The maximum absolute atomic E-state index is 11.2. The minimum Gasteiger partial charge on any atom is -0.352 e. The van der Waals surface area contributed by atoms with Crippen molar-refractivity contribution < 1.29 is 4.79 Å². The molecule has 0 aromatic carbocycles. The van der Waals surface area contributed by atoms with Crippen LogP contribution in [0.4, 0.5) is 5.13 Å². The lowest BCUT2D eigenvalue weighted by molar-refractivity contribution is -0.119. The molecule has 13 heavy (non-hydrogen) atoms. The first-order chi connectivity index (χ1) is 6.18. The van der Waals surface area contributed by atoms with E-state index < -0.39 is 0 Å². The van der Waals surface area contributed by atoms with Crippen molar-refractivity contribution in [2.24, 2.45) is 0 Å². The van der Waals surface area contributed by atoms with Gasteiger partial charge in [-0.1, -0.05) is 0 Å². The van der Waals surface area contributed by atoms with Crippen LogP contribution in [0.1, 0.15) is 13.8 Å². The number of anilines is 1. The first-order valence-corrected chi connectivity index (χ1v) is 4.99. The lowest BCUT2D eigenvalue weighted by Gasteiger charge is -2.07. The number of carbonyl (C=O) groups is 1. The van der Waals surface area contributed by atoms with Crippen LogP contribution in [0, 0.1) is 0 Å². The molecule has 1 rings (SSSR count). The maximum Gasteiger partial charge on any atom is 0.239 e. The predicted molar refractivity (Wildman–Crippen MR) is 53.9 cm³/mol. The highest BCUT2D eigenvalue weighted by Crippen LogP contribution is 2.08. The number of hydrogen-bond acceptors (Lipinski definition) is 4. The molecule has 0 saturated heterocycles. The van der Waals surface area contributed by atoms with Crippen molar-refractivity contribution in [3.63, 3.8) is 0 Å². The minimum atomic E-state index is -0.00907. The number of nitrogens with zero attached hydrogens (tertiary/aromatic N) is 1. The molecule has 1 aromatic heterocycles. The number of aromatic nitrogens is 1. The van der Waals surface area contributed by atoms with Crippen molar-refractivity contribution in [2.75, 3.05) is 11.9 Å². The molecule has 0 aliphatic carbocycles. The Labute approximate surface area is 81.4 Å². The zero-order chi connectivity index (χ0) is 9.68. The molecule has 1 aromatic rings. The van der Waals surface area contributed by atoms with Crippen molar-refractivity contribution in [3.8, 4) is 0 Å². The smallest absolute Gasteiger partial charge is 0.239 e. The van der Waals surface area contributed by atoms with Gasteiger partial charge in [-0.2, -0.15) is 0 Å². The van der Waals surface area contributed by atoms with E-state index in [9.17, 15) is 4.79 Å². The van der Waals surface area contributed by atoms with E-state index in [2.05, 4.69) is 15.6 Å². The molecular weight excluding hydrogens is 186 g/mol. The summed E-state index contributed by atoms with van der Waals surface area (Å²) in [4.78, 5) is 15.1. The molecule has 0 fully saturated rings. The molecule has 0 saturated carbocycles. The van der Waals surface area contributed by atoms with Crippen LogP contribution in [-0.4, -0.2) is 23.5 Å². The largest absolute Gasteiger partial charge is 0.352 e. The maximum atomic E-state index is 11.2. The summed E-state index contributed by atoms with van der Waals surface area (Å²) >= 11 is 1.48. The Morgan fingerprint density at radius 1 is 1.69 bits per heavy atom. The Hall–Kier alpha value is -1.10. The fourth-order valence-electron chi connectivity index (χ4n) is 0.840. The number of rotatable bonds is 4. The molecule has 0 unspecified atom stereocenters.